The van der Waals surface area contributed by atoms with Crippen LogP contribution in [-0.2, 0) is 7.05 Å². The number of rotatable bonds is 2. The Labute approximate surface area is 148 Å². The van der Waals surface area contributed by atoms with Crippen molar-refractivity contribution < 1.29 is 13.6 Å². The smallest absolute Gasteiger partial charge is 0.259 e. The Balaban J connectivity index is 1.64. The molecule has 0 aliphatic carbocycles. The maximum Gasteiger partial charge on any atom is 0.259 e. The van der Waals surface area contributed by atoms with Crippen molar-refractivity contribution >= 4 is 17.1 Å². The molecule has 0 radical (unpaired) electrons. The standard InChI is InChI=1S/C18H17F2N5O/c1-24-17-16(21-7-8-22-17)15(23-24)11-4-3-9-25(10-11)18(26)14-12(19)5-2-6-13(14)20/h2,5-8,11H,3-4,9-10H2,1H3. The summed E-state index contributed by atoms with van der Waals surface area (Å²) in [5, 5.41) is 4.52. The predicted octanol–water partition coefficient (Wildman–Crippen LogP) is 2.66. The van der Waals surface area contributed by atoms with Crippen LogP contribution in [0.3, 0.4) is 0 Å². The number of benzene rings is 1. The van der Waals surface area contributed by atoms with Crippen molar-refractivity contribution in [3.05, 3.63) is 53.5 Å². The van der Waals surface area contributed by atoms with Gasteiger partial charge in [-0.1, -0.05) is 6.07 Å². The molecule has 2 aromatic heterocycles. The average molecular weight is 357 g/mol. The summed E-state index contributed by atoms with van der Waals surface area (Å²) in [5.41, 5.74) is 1.64. The highest BCUT2D eigenvalue weighted by Gasteiger charge is 2.31. The summed E-state index contributed by atoms with van der Waals surface area (Å²) in [6.07, 6.45) is 4.76. The Morgan fingerprint density at radius 1 is 1.19 bits per heavy atom. The number of nitrogens with zero attached hydrogens (tertiary/aromatic N) is 5. The van der Waals surface area contributed by atoms with E-state index in [1.54, 1.807) is 24.1 Å². The van der Waals surface area contributed by atoms with Gasteiger partial charge in [0.2, 0.25) is 0 Å². The molecular formula is C18H17F2N5O. The number of aromatic nitrogens is 4. The maximum absolute atomic E-state index is 14.0. The van der Waals surface area contributed by atoms with Gasteiger partial charge in [0.25, 0.3) is 5.91 Å². The van der Waals surface area contributed by atoms with E-state index in [0.29, 0.717) is 24.3 Å². The minimum absolute atomic E-state index is 0.0528. The largest absolute Gasteiger partial charge is 0.338 e. The van der Waals surface area contributed by atoms with E-state index < -0.39 is 23.1 Å². The van der Waals surface area contributed by atoms with Crippen molar-refractivity contribution in [1.29, 1.82) is 0 Å². The van der Waals surface area contributed by atoms with E-state index in [9.17, 15) is 13.6 Å². The predicted molar refractivity (Wildman–Crippen MR) is 90.5 cm³/mol. The molecule has 1 aliphatic rings. The van der Waals surface area contributed by atoms with Crippen LogP contribution in [0.25, 0.3) is 11.2 Å². The van der Waals surface area contributed by atoms with Crippen LogP contribution in [0.15, 0.2) is 30.6 Å². The van der Waals surface area contributed by atoms with Crippen LogP contribution in [0.4, 0.5) is 8.78 Å². The number of amides is 1. The van der Waals surface area contributed by atoms with Gasteiger partial charge in [0.05, 0.1) is 5.69 Å². The van der Waals surface area contributed by atoms with Crippen molar-refractivity contribution in [1.82, 2.24) is 24.6 Å². The van der Waals surface area contributed by atoms with Gasteiger partial charge in [-0.05, 0) is 25.0 Å². The zero-order chi connectivity index (χ0) is 18.3. The summed E-state index contributed by atoms with van der Waals surface area (Å²) in [4.78, 5) is 22.8. The second-order valence-electron chi connectivity index (χ2n) is 6.42. The number of likely N-dealkylation sites (tertiary alicyclic amines) is 1. The molecule has 3 aromatic rings. The van der Waals surface area contributed by atoms with E-state index in [1.807, 2.05) is 0 Å². The van der Waals surface area contributed by atoms with E-state index in [0.717, 1.165) is 30.7 Å². The number of aryl methyl sites for hydroxylation is 1. The fourth-order valence-corrected chi connectivity index (χ4v) is 3.52. The molecule has 0 bridgehead atoms. The Bertz CT molecular complexity index is 967. The lowest BCUT2D eigenvalue weighted by atomic mass is 9.93. The van der Waals surface area contributed by atoms with E-state index in [2.05, 4.69) is 15.1 Å². The van der Waals surface area contributed by atoms with Crippen molar-refractivity contribution in [3.63, 3.8) is 0 Å². The summed E-state index contributed by atoms with van der Waals surface area (Å²) in [7, 11) is 1.79. The fraction of sp³-hybridized carbons (Fsp3) is 0.333. The van der Waals surface area contributed by atoms with Crippen LogP contribution in [0.2, 0.25) is 0 Å². The zero-order valence-corrected chi connectivity index (χ0v) is 14.2. The summed E-state index contributed by atoms with van der Waals surface area (Å²) in [6.45, 7) is 0.800. The van der Waals surface area contributed by atoms with Crippen LogP contribution in [0.5, 0.6) is 0 Å². The van der Waals surface area contributed by atoms with Crippen LogP contribution >= 0.6 is 0 Å². The van der Waals surface area contributed by atoms with Gasteiger partial charge >= 0.3 is 0 Å². The number of fused-ring (bicyclic) bond motifs is 1. The highest BCUT2D eigenvalue weighted by molar-refractivity contribution is 5.95. The Morgan fingerprint density at radius 2 is 1.92 bits per heavy atom. The summed E-state index contributed by atoms with van der Waals surface area (Å²) in [6, 6.07) is 3.44. The van der Waals surface area contributed by atoms with Gasteiger partial charge in [0.1, 0.15) is 22.7 Å². The van der Waals surface area contributed by atoms with E-state index in [4.69, 9.17) is 0 Å². The lowest BCUT2D eigenvalue weighted by molar-refractivity contribution is 0.0696. The fourth-order valence-electron chi connectivity index (χ4n) is 3.52. The molecule has 3 heterocycles. The van der Waals surface area contributed by atoms with Crippen LogP contribution in [-0.4, -0.2) is 43.6 Å². The molecule has 1 saturated heterocycles. The third-order valence-corrected chi connectivity index (χ3v) is 4.76. The number of piperidine rings is 1. The number of carbonyl (C=O) groups is 1. The number of halogens is 2. The summed E-state index contributed by atoms with van der Waals surface area (Å²) >= 11 is 0. The van der Waals surface area contributed by atoms with Gasteiger partial charge < -0.3 is 4.90 Å². The molecule has 0 N–H and O–H groups in total. The van der Waals surface area contributed by atoms with E-state index in [-0.39, 0.29) is 5.92 Å². The van der Waals surface area contributed by atoms with Crippen LogP contribution < -0.4 is 0 Å². The first-order valence-corrected chi connectivity index (χ1v) is 8.43. The minimum atomic E-state index is -0.841. The quantitative estimate of drug-likeness (QED) is 0.707. The molecule has 6 nitrogen and oxygen atoms in total. The van der Waals surface area contributed by atoms with E-state index in [1.165, 1.54) is 11.0 Å². The molecule has 1 amide bonds. The van der Waals surface area contributed by atoms with Gasteiger partial charge in [-0.15, -0.1) is 0 Å². The lowest BCUT2D eigenvalue weighted by Gasteiger charge is -2.32. The number of hydrogen-bond acceptors (Lipinski definition) is 4. The molecule has 134 valence electrons. The highest BCUT2D eigenvalue weighted by atomic mass is 19.1. The SMILES string of the molecule is Cn1nc(C2CCCN(C(=O)c3c(F)cccc3F)C2)c2nccnc21. The van der Waals surface area contributed by atoms with E-state index >= 15 is 0 Å². The molecule has 4 rings (SSSR count). The van der Waals surface area contributed by atoms with Crippen LogP contribution in [0.1, 0.15) is 34.8 Å². The molecule has 1 aromatic carbocycles. The van der Waals surface area contributed by atoms with Crippen molar-refractivity contribution in [2.24, 2.45) is 7.05 Å². The Kier molecular flexibility index (Phi) is 4.10. The molecule has 1 unspecified atom stereocenters. The van der Waals surface area contributed by atoms with Crippen molar-refractivity contribution in [3.8, 4) is 0 Å². The first kappa shape index (κ1) is 16.6. The molecular weight excluding hydrogens is 340 g/mol. The Hall–Kier alpha value is -2.90. The first-order chi connectivity index (χ1) is 12.6. The third kappa shape index (κ3) is 2.71. The second kappa shape index (κ2) is 6.44. The molecule has 26 heavy (non-hydrogen) atoms. The molecule has 1 aliphatic heterocycles. The van der Waals surface area contributed by atoms with Gasteiger partial charge in [-0.3, -0.25) is 4.79 Å². The lowest BCUT2D eigenvalue weighted by Crippen LogP contribution is -2.40. The minimum Gasteiger partial charge on any atom is -0.338 e. The molecule has 1 atom stereocenters. The van der Waals surface area contributed by atoms with Gasteiger partial charge in [0.15, 0.2) is 5.65 Å². The monoisotopic (exact) mass is 357 g/mol. The van der Waals surface area contributed by atoms with Crippen LogP contribution in [0, 0.1) is 11.6 Å². The number of hydrogen-bond donors (Lipinski definition) is 0. The number of carbonyl (C=O) groups excluding carboxylic acids is 1. The van der Waals surface area contributed by atoms with Gasteiger partial charge in [-0.2, -0.15) is 5.10 Å². The zero-order valence-electron chi connectivity index (χ0n) is 14.2. The molecule has 0 saturated carbocycles. The summed E-state index contributed by atoms with van der Waals surface area (Å²) in [5.74, 6) is -2.36. The molecule has 0 spiro atoms. The van der Waals surface area contributed by atoms with Gasteiger partial charge in [0, 0.05) is 38.4 Å². The van der Waals surface area contributed by atoms with Crippen molar-refractivity contribution in [2.45, 2.75) is 18.8 Å². The average Bonchev–Trinajstić information content (AvgIpc) is 2.99. The molecule has 1 fully saturated rings. The first-order valence-electron chi connectivity index (χ1n) is 8.43. The molecule has 8 heteroatoms. The van der Waals surface area contributed by atoms with Crippen molar-refractivity contribution in [2.75, 3.05) is 13.1 Å². The maximum atomic E-state index is 14.0. The third-order valence-electron chi connectivity index (χ3n) is 4.76. The topological polar surface area (TPSA) is 63.9 Å². The highest BCUT2D eigenvalue weighted by Crippen LogP contribution is 2.30. The second-order valence-corrected chi connectivity index (χ2v) is 6.42. The summed E-state index contributed by atoms with van der Waals surface area (Å²) < 4.78 is 29.6. The Morgan fingerprint density at radius 3 is 2.69 bits per heavy atom. The normalized spacial score (nSPS) is 17.7. The van der Waals surface area contributed by atoms with Gasteiger partial charge in [-0.25, -0.2) is 23.4 Å².